The Morgan fingerprint density at radius 1 is 1.50 bits per heavy atom. The van der Waals surface area contributed by atoms with Crippen LogP contribution in [0.4, 0.5) is 0 Å². The molecule has 3 heteroatoms. The van der Waals surface area contributed by atoms with Gasteiger partial charge in [0.15, 0.2) is 5.78 Å². The van der Waals surface area contributed by atoms with Crippen LogP contribution in [0.3, 0.4) is 0 Å². The summed E-state index contributed by atoms with van der Waals surface area (Å²) in [5.74, 6) is 0.891. The van der Waals surface area contributed by atoms with E-state index in [0.717, 1.165) is 5.78 Å². The van der Waals surface area contributed by atoms with Crippen molar-refractivity contribution in [3.05, 3.63) is 31.4 Å². The molecule has 10 heavy (non-hydrogen) atoms. The fraction of sp³-hybridized carbons (Fsp3) is 0.143. The zero-order valence-electron chi connectivity index (χ0n) is 5.41. The molecule has 0 bridgehead atoms. The van der Waals surface area contributed by atoms with Gasteiger partial charge in [-0.25, -0.2) is 0 Å². The molecular weight excluding hydrogens is 234 g/mol. The van der Waals surface area contributed by atoms with Gasteiger partial charge in [0.25, 0.3) is 0 Å². The molecule has 0 heterocycles. The molecule has 1 radical (unpaired) electrons. The largest absolute Gasteiger partial charge is 2.00 e. The third kappa shape index (κ3) is 2.36. The van der Waals surface area contributed by atoms with Crippen molar-refractivity contribution in [2.75, 3.05) is 0 Å². The van der Waals surface area contributed by atoms with Gasteiger partial charge < -0.3 is 4.42 Å². The summed E-state index contributed by atoms with van der Waals surface area (Å²) >= 11 is 0. The molecule has 0 saturated carbocycles. The summed E-state index contributed by atoms with van der Waals surface area (Å²) < 4.78 is 4.81. The molecule has 2 unspecified atom stereocenters. The van der Waals surface area contributed by atoms with E-state index < -0.39 is 0 Å². The molecule has 2 atom stereocenters. The van der Waals surface area contributed by atoms with Crippen molar-refractivity contribution in [2.45, 2.75) is 5.66 Å². The van der Waals surface area contributed by atoms with Crippen molar-refractivity contribution in [1.29, 1.82) is 0 Å². The van der Waals surface area contributed by atoms with Crippen LogP contribution in [0.2, 0.25) is 0 Å². The Bertz CT molecular complexity index is 184. The van der Waals surface area contributed by atoms with E-state index in [9.17, 15) is 0 Å². The minimum atomic E-state index is 0. The molecule has 0 saturated heterocycles. The van der Waals surface area contributed by atoms with Crippen LogP contribution in [-0.4, -0.2) is 11.4 Å². The minimum Gasteiger partial charge on any atom is -0.397 e. The van der Waals surface area contributed by atoms with E-state index in [1.54, 1.807) is 0 Å². The summed E-state index contributed by atoms with van der Waals surface area (Å²) in [4.78, 5) is 0. The molecule has 0 aromatic carbocycles. The predicted molar refractivity (Wildman–Crippen MR) is 42.1 cm³/mol. The monoisotopic (exact) mass is 243 g/mol. The average Bonchev–Trinajstić information content (AvgIpc) is 1.89. The fourth-order valence-corrected chi connectivity index (χ4v) is 1.02. The average molecular weight is 243 g/mol. The molecule has 1 nitrogen and oxygen atoms in total. The van der Waals surface area contributed by atoms with Gasteiger partial charge in [0.2, 0.25) is 0 Å². The maximum Gasteiger partial charge on any atom is 2.00 e. The summed E-state index contributed by atoms with van der Waals surface area (Å²) in [5.41, 5.74) is 0.299. The predicted octanol–water partition coefficient (Wildman–Crippen LogP) is 1.25. The van der Waals surface area contributed by atoms with Gasteiger partial charge in [0.1, 0.15) is 7.11 Å². The Labute approximate surface area is 76.2 Å². The number of ketones is 1. The summed E-state index contributed by atoms with van der Waals surface area (Å²) in [6, 6.07) is 0. The van der Waals surface area contributed by atoms with Crippen LogP contribution in [0.5, 0.6) is 0 Å². The second kappa shape index (κ2) is 4.82. The Morgan fingerprint density at radius 2 is 2.20 bits per heavy atom. The molecule has 0 aliphatic heterocycles. The Hall–Kier alpha value is 0.0734. The maximum atomic E-state index is 4.81. The molecule has 55 valence electrons. The summed E-state index contributed by atoms with van der Waals surface area (Å²) in [7, 11) is 5.97. The van der Waals surface area contributed by atoms with Gasteiger partial charge in [-0.1, -0.05) is 18.2 Å². The summed E-state index contributed by atoms with van der Waals surface area (Å²) in [6.07, 6.45) is 7.86. The molecule has 1 rings (SSSR count). The normalized spacial score (nSPS) is 26.5. The van der Waals surface area contributed by atoms with Gasteiger partial charge in [0, 0.05) is 5.66 Å². The zero-order chi connectivity index (χ0) is 6.69. The standard InChI is InChI=1S/C7H9OP.Rh/c1-8-6-4-2-3-5-7(6)9;/h2-5,7H,1,9H2;/q;+2. The SMILES string of the molecule is [CH2-][O+]=C1C=CC=CC1P.[Rh+2]. The third-order valence-electron chi connectivity index (χ3n) is 1.19. The van der Waals surface area contributed by atoms with Gasteiger partial charge in [-0.15, -0.1) is 9.24 Å². The van der Waals surface area contributed by atoms with Crippen LogP contribution in [0.25, 0.3) is 0 Å². The molecule has 1 aliphatic rings. The van der Waals surface area contributed by atoms with E-state index in [4.69, 9.17) is 4.42 Å². The summed E-state index contributed by atoms with van der Waals surface area (Å²) in [6.45, 7) is 0. The number of hydrogen-bond acceptors (Lipinski definition) is 0. The zero-order valence-corrected chi connectivity index (χ0v) is 8.21. The van der Waals surface area contributed by atoms with E-state index in [2.05, 4.69) is 16.3 Å². The molecule has 0 amide bonds. The number of allylic oxidation sites excluding steroid dienone is 4. The smallest absolute Gasteiger partial charge is 0.397 e. The Kier molecular flexibility index (Phi) is 4.86. The first kappa shape index (κ1) is 10.1. The maximum absolute atomic E-state index is 4.81. The molecule has 0 aromatic heterocycles. The van der Waals surface area contributed by atoms with Crippen LogP contribution in [0.15, 0.2) is 24.3 Å². The molecular formula is C7H9OPRh+2. The molecule has 0 fully saturated rings. The Morgan fingerprint density at radius 3 is 2.60 bits per heavy atom. The van der Waals surface area contributed by atoms with Crippen molar-refractivity contribution in [3.63, 3.8) is 0 Å². The van der Waals surface area contributed by atoms with Gasteiger partial charge in [0.05, 0.1) is 0 Å². The molecule has 0 N–H and O–H groups in total. The number of carbonyl (C=O) groups excluding carboxylic acids is 1. The van der Waals surface area contributed by atoms with Gasteiger partial charge in [-0.2, -0.15) is 0 Å². The molecule has 1 aliphatic carbocycles. The number of hydrogen-bond donors (Lipinski definition) is 0. The van der Waals surface area contributed by atoms with Crippen molar-refractivity contribution in [2.24, 2.45) is 0 Å². The second-order valence-corrected chi connectivity index (χ2v) is 2.53. The third-order valence-corrected chi connectivity index (χ3v) is 1.74. The van der Waals surface area contributed by atoms with E-state index in [1.807, 2.05) is 24.3 Å². The van der Waals surface area contributed by atoms with Crippen LogP contribution < -0.4 is 0 Å². The van der Waals surface area contributed by atoms with E-state index in [-0.39, 0.29) is 19.5 Å². The van der Waals surface area contributed by atoms with Crippen LogP contribution in [0.1, 0.15) is 0 Å². The second-order valence-electron chi connectivity index (χ2n) is 1.82. The Balaban J connectivity index is 0.000000810. The van der Waals surface area contributed by atoms with Gasteiger partial charge >= 0.3 is 19.5 Å². The topological polar surface area (TPSA) is 11.3 Å². The first-order valence-corrected chi connectivity index (χ1v) is 3.40. The number of rotatable bonds is 0. The van der Waals surface area contributed by atoms with Crippen LogP contribution in [0, 0.1) is 7.11 Å². The molecule has 0 aromatic rings. The van der Waals surface area contributed by atoms with Crippen LogP contribution >= 0.6 is 9.24 Å². The van der Waals surface area contributed by atoms with Gasteiger partial charge in [-0.3, -0.25) is 0 Å². The van der Waals surface area contributed by atoms with E-state index in [0.29, 0.717) is 5.66 Å². The minimum absolute atomic E-state index is 0. The van der Waals surface area contributed by atoms with E-state index in [1.165, 1.54) is 0 Å². The summed E-state index contributed by atoms with van der Waals surface area (Å²) in [5, 5.41) is 0. The van der Waals surface area contributed by atoms with E-state index >= 15 is 0 Å². The van der Waals surface area contributed by atoms with Crippen LogP contribution in [-0.2, 0) is 23.9 Å². The first-order valence-electron chi connectivity index (χ1n) is 2.74. The first-order chi connectivity index (χ1) is 4.34. The van der Waals surface area contributed by atoms with Crippen molar-refractivity contribution in [3.8, 4) is 0 Å². The van der Waals surface area contributed by atoms with Crippen molar-refractivity contribution in [1.82, 2.24) is 0 Å². The fourth-order valence-electron chi connectivity index (χ4n) is 0.685. The quantitative estimate of drug-likeness (QED) is 0.262. The molecule has 0 spiro atoms. The van der Waals surface area contributed by atoms with Crippen molar-refractivity contribution < 1.29 is 23.9 Å². The van der Waals surface area contributed by atoms with Gasteiger partial charge in [-0.05, 0) is 6.08 Å². The van der Waals surface area contributed by atoms with Crippen molar-refractivity contribution >= 4 is 15.0 Å².